The minimum Gasteiger partial charge on any atom is -0.496 e. The van der Waals surface area contributed by atoms with Crippen LogP contribution in [0.3, 0.4) is 0 Å². The minimum atomic E-state index is -0.751. The summed E-state index contributed by atoms with van der Waals surface area (Å²) in [6, 6.07) is 9.60. The van der Waals surface area contributed by atoms with Crippen LogP contribution < -0.4 is 9.47 Å². The van der Waals surface area contributed by atoms with Crippen LogP contribution in [0.1, 0.15) is 20.7 Å². The van der Waals surface area contributed by atoms with Crippen LogP contribution in [0.25, 0.3) is 0 Å². The van der Waals surface area contributed by atoms with Crippen LogP contribution in [0, 0.1) is 0 Å². The summed E-state index contributed by atoms with van der Waals surface area (Å²) in [6.07, 6.45) is 0. The van der Waals surface area contributed by atoms with Gasteiger partial charge in [0.15, 0.2) is 0 Å². The monoisotopic (exact) mass is 382 g/mol. The lowest BCUT2D eigenvalue weighted by atomic mass is 10.00. The van der Waals surface area contributed by atoms with Crippen LogP contribution in [0.5, 0.6) is 11.5 Å². The van der Waals surface area contributed by atoms with Gasteiger partial charge in [-0.3, -0.25) is 9.59 Å². The first kappa shape index (κ1) is 16.5. The third-order valence-corrected chi connectivity index (χ3v) is 3.84. The molecule has 0 spiro atoms. The molecule has 2 aromatic carbocycles. The Morgan fingerprint density at radius 1 is 1.00 bits per heavy atom. The zero-order valence-corrected chi connectivity index (χ0v) is 14.2. The Labute approximate surface area is 141 Å². The molecule has 0 aliphatic rings. The number of rotatable bonds is 5. The average molecular weight is 384 g/mol. The molecule has 0 amide bonds. The molecule has 0 heterocycles. The second-order valence-corrected chi connectivity index (χ2v) is 5.64. The number of Topliss-reactive ketones (excluding diaryl/α,β-unsaturated/α-hetero) is 2. The topological polar surface area (TPSA) is 52.6 Å². The highest BCUT2D eigenvalue weighted by Gasteiger charge is 2.26. The molecule has 0 aliphatic carbocycles. The SMILES string of the molecule is COc1ccc(Br)cc1C(=O)C(=O)c1c(Cl)cccc1OC. The zero-order valence-electron chi connectivity index (χ0n) is 11.9. The predicted molar refractivity (Wildman–Crippen MR) is 87.4 cm³/mol. The van der Waals surface area contributed by atoms with Crippen molar-refractivity contribution in [3.8, 4) is 11.5 Å². The Hall–Kier alpha value is -1.85. The Morgan fingerprint density at radius 3 is 2.32 bits per heavy atom. The highest BCUT2D eigenvalue weighted by atomic mass is 79.9. The van der Waals surface area contributed by atoms with Crippen LogP contribution in [0.15, 0.2) is 40.9 Å². The van der Waals surface area contributed by atoms with Gasteiger partial charge in [-0.15, -0.1) is 0 Å². The maximum absolute atomic E-state index is 12.5. The number of hydrogen-bond acceptors (Lipinski definition) is 4. The third kappa shape index (κ3) is 3.15. The van der Waals surface area contributed by atoms with Gasteiger partial charge in [0.25, 0.3) is 0 Å². The largest absolute Gasteiger partial charge is 0.496 e. The van der Waals surface area contributed by atoms with E-state index in [0.29, 0.717) is 10.2 Å². The first-order valence-electron chi connectivity index (χ1n) is 6.24. The highest BCUT2D eigenvalue weighted by Crippen LogP contribution is 2.30. The van der Waals surface area contributed by atoms with Crippen LogP contribution in [-0.4, -0.2) is 25.8 Å². The highest BCUT2D eigenvalue weighted by molar-refractivity contribution is 9.10. The molecule has 4 nitrogen and oxygen atoms in total. The Bertz CT molecular complexity index is 743. The van der Waals surface area contributed by atoms with Crippen LogP contribution in [0.4, 0.5) is 0 Å². The average Bonchev–Trinajstić information content (AvgIpc) is 2.53. The third-order valence-electron chi connectivity index (χ3n) is 3.03. The van der Waals surface area contributed by atoms with E-state index in [4.69, 9.17) is 21.1 Å². The first-order chi connectivity index (χ1) is 10.5. The molecule has 0 N–H and O–H groups in total. The Morgan fingerprint density at radius 2 is 1.68 bits per heavy atom. The normalized spacial score (nSPS) is 10.2. The zero-order chi connectivity index (χ0) is 16.3. The van der Waals surface area contributed by atoms with E-state index in [2.05, 4.69) is 15.9 Å². The molecule has 0 saturated heterocycles. The lowest BCUT2D eigenvalue weighted by Gasteiger charge is -2.11. The van der Waals surface area contributed by atoms with E-state index in [1.807, 2.05) is 0 Å². The molecular formula is C16H12BrClO4. The van der Waals surface area contributed by atoms with Crippen molar-refractivity contribution in [3.05, 3.63) is 57.0 Å². The molecule has 0 radical (unpaired) electrons. The van der Waals surface area contributed by atoms with Gasteiger partial charge in [0, 0.05) is 4.47 Å². The fraction of sp³-hybridized carbons (Fsp3) is 0.125. The van der Waals surface area contributed by atoms with Gasteiger partial charge in [-0.25, -0.2) is 0 Å². The summed E-state index contributed by atoms with van der Waals surface area (Å²) in [6.45, 7) is 0. The summed E-state index contributed by atoms with van der Waals surface area (Å²) in [5.74, 6) is -0.907. The minimum absolute atomic E-state index is 0.0405. The Kier molecular flexibility index (Phi) is 5.21. The van der Waals surface area contributed by atoms with E-state index >= 15 is 0 Å². The number of carbonyl (C=O) groups is 2. The number of benzene rings is 2. The molecule has 0 atom stereocenters. The van der Waals surface area contributed by atoms with Gasteiger partial charge in [-0.1, -0.05) is 33.6 Å². The summed E-state index contributed by atoms with van der Waals surface area (Å²) >= 11 is 9.32. The molecule has 114 valence electrons. The molecule has 0 fully saturated rings. The van der Waals surface area contributed by atoms with Gasteiger partial charge in [0.2, 0.25) is 11.6 Å². The first-order valence-corrected chi connectivity index (χ1v) is 7.41. The quantitative estimate of drug-likeness (QED) is 0.574. The number of ketones is 2. The van der Waals surface area contributed by atoms with E-state index in [0.717, 1.165) is 0 Å². The molecule has 0 unspecified atom stereocenters. The number of hydrogen-bond donors (Lipinski definition) is 0. The van der Waals surface area contributed by atoms with Crippen LogP contribution in [-0.2, 0) is 0 Å². The van der Waals surface area contributed by atoms with Gasteiger partial charge in [-0.05, 0) is 30.3 Å². The van der Waals surface area contributed by atoms with Crippen molar-refractivity contribution in [2.24, 2.45) is 0 Å². The van der Waals surface area contributed by atoms with E-state index < -0.39 is 11.6 Å². The van der Waals surface area contributed by atoms with Crippen molar-refractivity contribution in [2.75, 3.05) is 14.2 Å². The predicted octanol–water partition coefficient (Wildman–Crippen LogP) is 4.19. The smallest absolute Gasteiger partial charge is 0.238 e. The van der Waals surface area contributed by atoms with Gasteiger partial charge >= 0.3 is 0 Å². The number of methoxy groups -OCH3 is 2. The second-order valence-electron chi connectivity index (χ2n) is 4.32. The fourth-order valence-electron chi connectivity index (χ4n) is 1.99. The standard InChI is InChI=1S/C16H12BrClO4/c1-21-12-7-6-9(17)8-10(12)15(19)16(20)14-11(18)4-3-5-13(14)22-2/h3-8H,1-2H3. The van der Waals surface area contributed by atoms with Crippen molar-refractivity contribution in [2.45, 2.75) is 0 Å². The van der Waals surface area contributed by atoms with Crippen molar-refractivity contribution in [1.29, 1.82) is 0 Å². The number of carbonyl (C=O) groups excluding carboxylic acids is 2. The molecule has 0 aliphatic heterocycles. The lowest BCUT2D eigenvalue weighted by Crippen LogP contribution is -2.17. The van der Waals surface area contributed by atoms with Gasteiger partial charge in [0.1, 0.15) is 11.5 Å². The van der Waals surface area contributed by atoms with Crippen molar-refractivity contribution in [3.63, 3.8) is 0 Å². The molecule has 2 aromatic rings. The van der Waals surface area contributed by atoms with Crippen molar-refractivity contribution >= 4 is 39.1 Å². The van der Waals surface area contributed by atoms with Crippen LogP contribution >= 0.6 is 27.5 Å². The molecule has 0 bridgehead atoms. The number of halogens is 2. The summed E-state index contributed by atoms with van der Waals surface area (Å²) in [4.78, 5) is 25.1. The maximum atomic E-state index is 12.5. The lowest BCUT2D eigenvalue weighted by molar-refractivity contribution is 0.0813. The summed E-state index contributed by atoms with van der Waals surface area (Å²) < 4.78 is 10.9. The van der Waals surface area contributed by atoms with Crippen molar-refractivity contribution in [1.82, 2.24) is 0 Å². The molecule has 0 aromatic heterocycles. The fourth-order valence-corrected chi connectivity index (χ4v) is 2.60. The van der Waals surface area contributed by atoms with Crippen molar-refractivity contribution < 1.29 is 19.1 Å². The summed E-state index contributed by atoms with van der Waals surface area (Å²) in [5.41, 5.74) is 0.197. The van der Waals surface area contributed by atoms with E-state index in [1.165, 1.54) is 26.4 Å². The summed E-state index contributed by atoms with van der Waals surface area (Å²) in [7, 11) is 2.84. The second kappa shape index (κ2) is 6.94. The van der Waals surface area contributed by atoms with E-state index in [-0.39, 0.29) is 21.9 Å². The molecule has 2 rings (SSSR count). The van der Waals surface area contributed by atoms with Gasteiger partial charge in [0.05, 0.1) is 30.4 Å². The van der Waals surface area contributed by atoms with E-state index in [1.54, 1.807) is 24.3 Å². The number of ether oxygens (including phenoxy) is 2. The van der Waals surface area contributed by atoms with Gasteiger partial charge < -0.3 is 9.47 Å². The molecule has 22 heavy (non-hydrogen) atoms. The maximum Gasteiger partial charge on any atom is 0.238 e. The Balaban J connectivity index is 2.51. The van der Waals surface area contributed by atoms with Gasteiger partial charge in [-0.2, -0.15) is 0 Å². The van der Waals surface area contributed by atoms with Crippen LogP contribution in [0.2, 0.25) is 5.02 Å². The van der Waals surface area contributed by atoms with E-state index in [9.17, 15) is 9.59 Å². The molecule has 6 heteroatoms. The molecule has 0 saturated carbocycles. The molecular weight excluding hydrogens is 372 g/mol. The summed E-state index contributed by atoms with van der Waals surface area (Å²) in [5, 5.41) is 0.159.